The van der Waals surface area contributed by atoms with Gasteiger partial charge in [0.1, 0.15) is 17.9 Å². The molecular weight excluding hydrogens is 306 g/mol. The number of amides is 1. The van der Waals surface area contributed by atoms with Gasteiger partial charge in [-0.3, -0.25) is 15.1 Å². The molecule has 0 bridgehead atoms. The molecular formula is C18H19N3O3. The smallest absolute Gasteiger partial charge is 0.231 e. The summed E-state index contributed by atoms with van der Waals surface area (Å²) < 4.78 is 11.6. The summed E-state index contributed by atoms with van der Waals surface area (Å²) in [4.78, 5) is 13.4. The molecule has 1 aliphatic heterocycles. The van der Waals surface area contributed by atoms with Crippen molar-refractivity contribution in [2.75, 3.05) is 13.7 Å². The van der Waals surface area contributed by atoms with Crippen LogP contribution in [0.5, 0.6) is 5.75 Å². The lowest BCUT2D eigenvalue weighted by molar-refractivity contribution is -0.129. The van der Waals surface area contributed by atoms with Crippen LogP contribution in [0.25, 0.3) is 11.0 Å². The van der Waals surface area contributed by atoms with Crippen LogP contribution in [-0.2, 0) is 10.3 Å². The summed E-state index contributed by atoms with van der Waals surface area (Å²) in [6.45, 7) is 3.90. The van der Waals surface area contributed by atoms with Gasteiger partial charge >= 0.3 is 0 Å². The maximum absolute atomic E-state index is 12.1. The van der Waals surface area contributed by atoms with Gasteiger partial charge in [-0.25, -0.2) is 0 Å². The lowest BCUT2D eigenvalue weighted by Crippen LogP contribution is -2.58. The van der Waals surface area contributed by atoms with Crippen LogP contribution in [0.2, 0.25) is 0 Å². The third-order valence-corrected chi connectivity index (χ3v) is 4.14. The molecule has 1 aromatic carbocycles. The van der Waals surface area contributed by atoms with Gasteiger partial charge in [0.25, 0.3) is 0 Å². The maximum Gasteiger partial charge on any atom is 0.231 e. The standard InChI is InChI=1S/C18H19N3O3/c1-4-5-9-23-13-8-6-7-12-10-14(24-16(12)13)18(2)11-15(22)21(3)17(19)20-18/h6-8,10H,9,11H2,1-3H3,(H2,19,20)/t18-/m0/s1. The van der Waals surface area contributed by atoms with Crippen molar-refractivity contribution in [2.24, 2.45) is 0 Å². The number of carbonyl (C=O) groups is 1. The number of hydrogen-bond donors (Lipinski definition) is 2. The molecule has 1 saturated heterocycles. The van der Waals surface area contributed by atoms with Gasteiger partial charge in [-0.2, -0.15) is 0 Å². The van der Waals surface area contributed by atoms with E-state index in [0.717, 1.165) is 5.39 Å². The number of ether oxygens (including phenoxy) is 1. The van der Waals surface area contributed by atoms with Crippen LogP contribution in [0.15, 0.2) is 28.7 Å². The molecule has 0 unspecified atom stereocenters. The zero-order valence-electron chi connectivity index (χ0n) is 13.9. The van der Waals surface area contributed by atoms with E-state index >= 15 is 0 Å². The molecule has 124 valence electrons. The van der Waals surface area contributed by atoms with Gasteiger partial charge in [-0.1, -0.05) is 18.1 Å². The Hall–Kier alpha value is -2.94. The molecule has 6 nitrogen and oxygen atoms in total. The molecule has 2 N–H and O–H groups in total. The van der Waals surface area contributed by atoms with Crippen molar-refractivity contribution in [1.82, 2.24) is 10.2 Å². The molecule has 0 aliphatic carbocycles. The van der Waals surface area contributed by atoms with E-state index in [1.807, 2.05) is 31.2 Å². The SMILES string of the molecule is CC#CCOc1cccc2cc([C@]3(C)CC(=O)N(C)C(=N)N3)oc12. The van der Waals surface area contributed by atoms with Crippen LogP contribution < -0.4 is 10.1 Å². The van der Waals surface area contributed by atoms with Crippen molar-refractivity contribution in [1.29, 1.82) is 5.41 Å². The number of para-hydroxylation sites is 1. The summed E-state index contributed by atoms with van der Waals surface area (Å²) in [5, 5.41) is 11.9. The van der Waals surface area contributed by atoms with E-state index in [9.17, 15) is 4.79 Å². The Morgan fingerprint density at radius 2 is 2.29 bits per heavy atom. The molecule has 1 aromatic heterocycles. The molecule has 1 amide bonds. The summed E-state index contributed by atoms with van der Waals surface area (Å²) in [5.41, 5.74) is -0.147. The fraction of sp³-hybridized carbons (Fsp3) is 0.333. The predicted molar refractivity (Wildman–Crippen MR) is 90.8 cm³/mol. The Morgan fingerprint density at radius 1 is 1.50 bits per heavy atom. The van der Waals surface area contributed by atoms with Gasteiger partial charge in [0.2, 0.25) is 5.91 Å². The van der Waals surface area contributed by atoms with Crippen LogP contribution in [-0.4, -0.2) is 30.4 Å². The summed E-state index contributed by atoms with van der Waals surface area (Å²) in [7, 11) is 1.58. The molecule has 1 atom stereocenters. The lowest BCUT2D eigenvalue weighted by Gasteiger charge is -2.37. The first kappa shape index (κ1) is 15.9. The average Bonchev–Trinajstić information content (AvgIpc) is 2.99. The molecule has 2 heterocycles. The molecule has 0 saturated carbocycles. The number of nitrogens with one attached hydrogen (secondary N) is 2. The van der Waals surface area contributed by atoms with E-state index in [4.69, 9.17) is 14.6 Å². The Morgan fingerprint density at radius 3 is 3.00 bits per heavy atom. The lowest BCUT2D eigenvalue weighted by atomic mass is 9.92. The van der Waals surface area contributed by atoms with Crippen molar-refractivity contribution < 1.29 is 13.9 Å². The van der Waals surface area contributed by atoms with Gasteiger partial charge in [0.15, 0.2) is 17.3 Å². The topological polar surface area (TPSA) is 78.6 Å². The van der Waals surface area contributed by atoms with Gasteiger partial charge in [0, 0.05) is 12.4 Å². The average molecular weight is 325 g/mol. The van der Waals surface area contributed by atoms with Crippen molar-refractivity contribution in [3.8, 4) is 17.6 Å². The van der Waals surface area contributed by atoms with E-state index in [1.54, 1.807) is 14.0 Å². The zero-order chi connectivity index (χ0) is 17.3. The highest BCUT2D eigenvalue weighted by atomic mass is 16.5. The highest BCUT2D eigenvalue weighted by Crippen LogP contribution is 2.36. The first-order valence-corrected chi connectivity index (χ1v) is 7.63. The molecule has 6 heteroatoms. The largest absolute Gasteiger partial charge is 0.477 e. The van der Waals surface area contributed by atoms with Crippen molar-refractivity contribution in [3.63, 3.8) is 0 Å². The number of carbonyl (C=O) groups excluding carboxylic acids is 1. The Kier molecular flexibility index (Phi) is 3.94. The summed E-state index contributed by atoms with van der Waals surface area (Å²) in [6, 6.07) is 7.51. The number of rotatable bonds is 3. The number of hydrogen-bond acceptors (Lipinski definition) is 4. The molecule has 1 fully saturated rings. The van der Waals surface area contributed by atoms with Crippen LogP contribution in [0.3, 0.4) is 0 Å². The second kappa shape index (κ2) is 5.93. The van der Waals surface area contributed by atoms with Crippen molar-refractivity contribution >= 4 is 22.8 Å². The second-order valence-electron chi connectivity index (χ2n) is 5.94. The second-order valence-corrected chi connectivity index (χ2v) is 5.94. The number of fused-ring (bicyclic) bond motifs is 1. The molecule has 24 heavy (non-hydrogen) atoms. The first-order valence-electron chi connectivity index (χ1n) is 7.63. The third-order valence-electron chi connectivity index (χ3n) is 4.14. The maximum atomic E-state index is 12.1. The Balaban J connectivity index is 1.98. The molecule has 2 aromatic rings. The van der Waals surface area contributed by atoms with Gasteiger partial charge in [-0.05, 0) is 26.0 Å². The van der Waals surface area contributed by atoms with Crippen LogP contribution >= 0.6 is 0 Å². The summed E-state index contributed by atoms with van der Waals surface area (Å²) in [5.74, 6) is 6.77. The minimum Gasteiger partial charge on any atom is -0.477 e. The zero-order valence-corrected chi connectivity index (χ0v) is 13.9. The summed E-state index contributed by atoms with van der Waals surface area (Å²) in [6.07, 6.45) is 0.212. The monoisotopic (exact) mass is 325 g/mol. The van der Waals surface area contributed by atoms with E-state index < -0.39 is 5.54 Å². The third kappa shape index (κ3) is 2.69. The summed E-state index contributed by atoms with van der Waals surface area (Å²) >= 11 is 0. The van der Waals surface area contributed by atoms with Crippen LogP contribution in [0, 0.1) is 17.3 Å². The van der Waals surface area contributed by atoms with Gasteiger partial charge < -0.3 is 14.5 Å². The van der Waals surface area contributed by atoms with Crippen LogP contribution in [0.1, 0.15) is 26.0 Å². The molecule has 3 rings (SSSR count). The van der Waals surface area contributed by atoms with Gasteiger partial charge in [-0.15, -0.1) is 5.92 Å². The van der Waals surface area contributed by atoms with Gasteiger partial charge in [0.05, 0.1) is 6.42 Å². The van der Waals surface area contributed by atoms with E-state index in [1.165, 1.54) is 4.90 Å². The van der Waals surface area contributed by atoms with Crippen molar-refractivity contribution in [3.05, 3.63) is 30.0 Å². The van der Waals surface area contributed by atoms with Crippen molar-refractivity contribution in [2.45, 2.75) is 25.8 Å². The molecule has 0 radical (unpaired) electrons. The quantitative estimate of drug-likeness (QED) is 0.850. The number of furan rings is 1. The number of nitrogens with zero attached hydrogens (tertiary/aromatic N) is 1. The number of guanidine groups is 1. The minimum absolute atomic E-state index is 0.0592. The molecule has 0 spiro atoms. The number of benzene rings is 1. The van der Waals surface area contributed by atoms with E-state index in [2.05, 4.69) is 17.2 Å². The highest BCUT2D eigenvalue weighted by Gasteiger charge is 2.40. The normalized spacial score (nSPS) is 20.5. The highest BCUT2D eigenvalue weighted by molar-refractivity contribution is 5.99. The predicted octanol–water partition coefficient (Wildman–Crippen LogP) is 2.44. The first-order chi connectivity index (χ1) is 11.4. The minimum atomic E-state index is -0.764. The van der Waals surface area contributed by atoms with Crippen LogP contribution in [0.4, 0.5) is 0 Å². The Labute approximate surface area is 140 Å². The fourth-order valence-electron chi connectivity index (χ4n) is 2.69. The molecule has 1 aliphatic rings. The fourth-order valence-corrected chi connectivity index (χ4v) is 2.69. The van der Waals surface area contributed by atoms with E-state index in [0.29, 0.717) is 17.1 Å². The Bertz CT molecular complexity index is 854. The van der Waals surface area contributed by atoms with E-state index in [-0.39, 0.29) is 24.9 Å².